The maximum absolute atomic E-state index is 13.0. The highest BCUT2D eigenvalue weighted by Crippen LogP contribution is 2.36. The molecule has 0 unspecified atom stereocenters. The lowest BCUT2D eigenvalue weighted by Crippen LogP contribution is -2.40. The van der Waals surface area contributed by atoms with Crippen LogP contribution in [0.15, 0.2) is 48.5 Å². The Labute approximate surface area is 163 Å². The van der Waals surface area contributed by atoms with Crippen molar-refractivity contribution in [3.8, 4) is 0 Å². The Bertz CT molecular complexity index is 877. The molecule has 0 radical (unpaired) electrons. The molecule has 3 atom stereocenters. The number of nitrogens with zero attached hydrogens (tertiary/aromatic N) is 1. The quantitative estimate of drug-likeness (QED) is 0.803. The van der Waals surface area contributed by atoms with Gasteiger partial charge in [0, 0.05) is 13.1 Å². The van der Waals surface area contributed by atoms with Gasteiger partial charge in [-0.2, -0.15) is 5.06 Å². The summed E-state index contributed by atoms with van der Waals surface area (Å²) in [4.78, 5) is 5.51. The summed E-state index contributed by atoms with van der Waals surface area (Å²) >= 11 is 12.1. The van der Waals surface area contributed by atoms with Crippen LogP contribution in [-0.2, 0) is 14.9 Å². The third-order valence-electron chi connectivity index (χ3n) is 4.51. The molecule has 0 aliphatic carbocycles. The van der Waals surface area contributed by atoms with Crippen LogP contribution in [0.25, 0.3) is 0 Å². The van der Waals surface area contributed by atoms with Crippen LogP contribution in [0.4, 0.5) is 0 Å². The van der Waals surface area contributed by atoms with E-state index < -0.39 is 21.3 Å². The highest BCUT2D eigenvalue weighted by Gasteiger charge is 2.43. The van der Waals surface area contributed by atoms with Gasteiger partial charge in [0.1, 0.15) is 5.25 Å². The standard InChI is InChI=1S/C18H20Cl2N2O3S/c1-12(13-6-4-3-5-7-13)21-26(23,24)17-11-25-22(2)18(17)14-8-9-15(19)16(20)10-14/h3-10,12,17-18,21H,11H2,1-2H3/t12-,17-,18-/m0/s1. The van der Waals surface area contributed by atoms with Gasteiger partial charge in [0.15, 0.2) is 0 Å². The lowest BCUT2D eigenvalue weighted by atomic mass is 10.0. The SMILES string of the molecule is C[C@H](NS(=O)(=O)[C@H]1CON(C)[C@H]1c1ccc(Cl)c(Cl)c1)c1ccccc1. The van der Waals surface area contributed by atoms with Crippen LogP contribution >= 0.6 is 23.2 Å². The van der Waals surface area contributed by atoms with E-state index in [0.29, 0.717) is 10.0 Å². The predicted molar refractivity (Wildman–Crippen MR) is 104 cm³/mol. The van der Waals surface area contributed by atoms with Gasteiger partial charge in [0.2, 0.25) is 10.0 Å². The third kappa shape index (κ3) is 4.06. The van der Waals surface area contributed by atoms with E-state index >= 15 is 0 Å². The van der Waals surface area contributed by atoms with Crippen LogP contribution in [0.2, 0.25) is 10.0 Å². The first-order valence-electron chi connectivity index (χ1n) is 8.16. The zero-order chi connectivity index (χ0) is 18.9. The molecule has 0 spiro atoms. The van der Waals surface area contributed by atoms with Gasteiger partial charge < -0.3 is 0 Å². The van der Waals surface area contributed by atoms with Gasteiger partial charge in [0.05, 0.1) is 22.7 Å². The molecular weight excluding hydrogens is 395 g/mol. The molecule has 1 fully saturated rings. The molecular formula is C18H20Cl2N2O3S. The lowest BCUT2D eigenvalue weighted by molar-refractivity contribution is -0.110. The maximum atomic E-state index is 13.0. The molecule has 5 nitrogen and oxygen atoms in total. The molecule has 140 valence electrons. The Morgan fingerprint density at radius 2 is 1.85 bits per heavy atom. The van der Waals surface area contributed by atoms with E-state index in [1.54, 1.807) is 30.3 Å². The molecule has 2 aromatic rings. The number of rotatable bonds is 5. The Hall–Kier alpha value is -1.15. The first-order chi connectivity index (χ1) is 12.3. The summed E-state index contributed by atoms with van der Waals surface area (Å²) in [5.41, 5.74) is 1.64. The molecule has 0 bridgehead atoms. The van der Waals surface area contributed by atoms with Crippen LogP contribution in [0, 0.1) is 0 Å². The summed E-state index contributed by atoms with van der Waals surface area (Å²) < 4.78 is 28.8. The van der Waals surface area contributed by atoms with E-state index in [9.17, 15) is 8.42 Å². The molecule has 1 saturated heterocycles. The highest BCUT2D eigenvalue weighted by molar-refractivity contribution is 7.90. The first kappa shape index (κ1) is 19.6. The fourth-order valence-corrected chi connectivity index (χ4v) is 5.14. The van der Waals surface area contributed by atoms with Crippen molar-refractivity contribution in [2.45, 2.75) is 24.3 Å². The average Bonchev–Trinajstić information content (AvgIpc) is 3.00. The number of hydrogen-bond donors (Lipinski definition) is 1. The van der Waals surface area contributed by atoms with E-state index in [2.05, 4.69) is 4.72 Å². The van der Waals surface area contributed by atoms with Crippen molar-refractivity contribution in [2.24, 2.45) is 0 Å². The van der Waals surface area contributed by atoms with Gasteiger partial charge in [-0.25, -0.2) is 13.1 Å². The van der Waals surface area contributed by atoms with Crippen LogP contribution in [0.5, 0.6) is 0 Å². The van der Waals surface area contributed by atoms with E-state index in [4.69, 9.17) is 28.0 Å². The summed E-state index contributed by atoms with van der Waals surface area (Å²) in [6.45, 7) is 1.89. The molecule has 1 aliphatic rings. The smallest absolute Gasteiger partial charge is 0.219 e. The van der Waals surface area contributed by atoms with Crippen LogP contribution in [-0.4, -0.2) is 32.4 Å². The van der Waals surface area contributed by atoms with Gasteiger partial charge >= 0.3 is 0 Å². The van der Waals surface area contributed by atoms with E-state index in [0.717, 1.165) is 11.1 Å². The van der Waals surface area contributed by atoms with E-state index in [1.165, 1.54) is 0 Å². The highest BCUT2D eigenvalue weighted by atomic mass is 35.5. The van der Waals surface area contributed by atoms with Crippen molar-refractivity contribution in [2.75, 3.05) is 13.7 Å². The Balaban J connectivity index is 1.86. The van der Waals surface area contributed by atoms with E-state index in [-0.39, 0.29) is 12.6 Å². The molecule has 1 aliphatic heterocycles. The fraction of sp³-hybridized carbons (Fsp3) is 0.333. The first-order valence-corrected chi connectivity index (χ1v) is 10.5. The minimum atomic E-state index is -3.65. The molecule has 0 amide bonds. The zero-order valence-corrected chi connectivity index (χ0v) is 16.7. The lowest BCUT2D eigenvalue weighted by Gasteiger charge is -2.25. The van der Waals surface area contributed by atoms with Gasteiger partial charge in [-0.1, -0.05) is 59.6 Å². The monoisotopic (exact) mass is 414 g/mol. The molecule has 0 aromatic heterocycles. The number of halogens is 2. The second-order valence-corrected chi connectivity index (χ2v) is 9.04. The molecule has 1 heterocycles. The molecule has 3 rings (SSSR count). The Morgan fingerprint density at radius 3 is 2.50 bits per heavy atom. The third-order valence-corrected chi connectivity index (χ3v) is 7.12. The molecule has 8 heteroatoms. The number of hydroxylamine groups is 2. The molecule has 26 heavy (non-hydrogen) atoms. The Morgan fingerprint density at radius 1 is 1.15 bits per heavy atom. The van der Waals surface area contributed by atoms with Gasteiger partial charge in [-0.3, -0.25) is 4.84 Å². The minimum absolute atomic E-state index is 0.0677. The topological polar surface area (TPSA) is 58.6 Å². The predicted octanol–water partition coefficient (Wildman–Crippen LogP) is 3.96. The van der Waals surface area contributed by atoms with Crippen LogP contribution in [0.1, 0.15) is 30.1 Å². The van der Waals surface area contributed by atoms with E-state index in [1.807, 2.05) is 37.3 Å². The van der Waals surface area contributed by atoms with Crippen molar-refractivity contribution in [1.29, 1.82) is 0 Å². The van der Waals surface area contributed by atoms with Crippen LogP contribution < -0.4 is 4.72 Å². The van der Waals surface area contributed by atoms with Gasteiger partial charge in [-0.15, -0.1) is 0 Å². The number of benzene rings is 2. The van der Waals surface area contributed by atoms with Crippen molar-refractivity contribution in [1.82, 2.24) is 9.79 Å². The fourth-order valence-electron chi connectivity index (χ4n) is 3.12. The second-order valence-electron chi connectivity index (χ2n) is 6.29. The molecule has 2 aromatic carbocycles. The summed E-state index contributed by atoms with van der Waals surface area (Å²) in [6.07, 6.45) is 0. The molecule has 0 saturated carbocycles. The van der Waals surface area contributed by atoms with Crippen molar-refractivity contribution >= 4 is 33.2 Å². The normalized spacial score (nSPS) is 22.5. The Kier molecular flexibility index (Phi) is 5.91. The maximum Gasteiger partial charge on any atom is 0.219 e. The summed E-state index contributed by atoms with van der Waals surface area (Å²) in [5.74, 6) is 0. The summed E-state index contributed by atoms with van der Waals surface area (Å²) in [6, 6.07) is 13.7. The van der Waals surface area contributed by atoms with Crippen molar-refractivity contribution in [3.05, 3.63) is 69.7 Å². The summed E-state index contributed by atoms with van der Waals surface area (Å²) in [5, 5.41) is 1.59. The number of hydrogen-bond acceptors (Lipinski definition) is 4. The van der Waals surface area contributed by atoms with Gasteiger partial charge in [-0.05, 0) is 30.2 Å². The minimum Gasteiger partial charge on any atom is -0.297 e. The second kappa shape index (κ2) is 7.84. The average molecular weight is 415 g/mol. The van der Waals surface area contributed by atoms with Crippen LogP contribution in [0.3, 0.4) is 0 Å². The number of sulfonamides is 1. The number of nitrogens with one attached hydrogen (secondary N) is 1. The zero-order valence-electron chi connectivity index (χ0n) is 14.4. The van der Waals surface area contributed by atoms with Crippen molar-refractivity contribution < 1.29 is 13.3 Å². The molecule has 1 N–H and O–H groups in total. The summed E-state index contributed by atoms with van der Waals surface area (Å²) in [7, 11) is -1.94. The van der Waals surface area contributed by atoms with Crippen molar-refractivity contribution in [3.63, 3.8) is 0 Å². The largest absolute Gasteiger partial charge is 0.297 e. The van der Waals surface area contributed by atoms with Gasteiger partial charge in [0.25, 0.3) is 0 Å².